The minimum atomic E-state index is -0.695. The van der Waals surface area contributed by atoms with Gasteiger partial charge in [0.25, 0.3) is 0 Å². The first-order valence-electron chi connectivity index (χ1n) is 12.9. The third-order valence-electron chi connectivity index (χ3n) is 6.50. The first-order valence-corrected chi connectivity index (χ1v) is 13.8. The lowest BCUT2D eigenvalue weighted by atomic mass is 9.89. The second-order valence-electron chi connectivity index (χ2n) is 11.7. The number of hydrogen-bond donors (Lipinski definition) is 0. The molecule has 0 spiro atoms. The number of hydrogen-bond acceptors (Lipinski definition) is 5. The highest BCUT2D eigenvalue weighted by Crippen LogP contribution is 2.41. The molecule has 2 atom stereocenters. The summed E-state index contributed by atoms with van der Waals surface area (Å²) < 4.78 is 12.5. The van der Waals surface area contributed by atoms with Crippen LogP contribution in [0.4, 0.5) is 0 Å². The molecule has 38 heavy (non-hydrogen) atoms. The number of carbonyl (C=O) groups excluding carboxylic acids is 2. The third kappa shape index (κ3) is 5.83. The van der Waals surface area contributed by atoms with Crippen LogP contribution in [-0.2, 0) is 19.1 Å². The Balaban J connectivity index is 1.94. The van der Waals surface area contributed by atoms with Gasteiger partial charge in [0.15, 0.2) is 12.2 Å². The van der Waals surface area contributed by atoms with Gasteiger partial charge < -0.3 is 9.47 Å². The fraction of sp³-hybridized carbons (Fsp3) is 0.333. The Bertz CT molecular complexity index is 1440. The molecule has 4 nitrogen and oxygen atoms in total. The predicted octanol–water partition coefficient (Wildman–Crippen LogP) is 8.57. The maximum absolute atomic E-state index is 13.3. The zero-order valence-electron chi connectivity index (χ0n) is 23.2. The van der Waals surface area contributed by atoms with Gasteiger partial charge in [0.05, 0.1) is 10.8 Å². The lowest BCUT2D eigenvalue weighted by molar-refractivity contribution is -0.158. The van der Waals surface area contributed by atoms with E-state index in [2.05, 4.69) is 25.1 Å². The Morgan fingerprint density at radius 3 is 1.71 bits per heavy atom. The number of benzene rings is 3. The standard InChI is InChI=1S/C33H36O4S/c1-21-18-19-26(23-14-9-8-13-22(21)23)28(36-30(34)32(2,3)4)24-15-10-11-16-25(24)29(27-17-12-20-38-27)37-31(35)33(5,6)7/h8-20,28-29H,1-7H3. The van der Waals surface area contributed by atoms with Crippen LogP contribution in [-0.4, -0.2) is 11.9 Å². The fourth-order valence-electron chi connectivity index (χ4n) is 4.27. The quantitative estimate of drug-likeness (QED) is 0.235. The maximum Gasteiger partial charge on any atom is 0.312 e. The monoisotopic (exact) mass is 528 g/mol. The number of esters is 2. The molecular formula is C33H36O4S. The van der Waals surface area contributed by atoms with Crippen molar-refractivity contribution in [2.24, 2.45) is 10.8 Å². The van der Waals surface area contributed by atoms with Gasteiger partial charge in [-0.1, -0.05) is 66.7 Å². The van der Waals surface area contributed by atoms with E-state index in [9.17, 15) is 9.59 Å². The number of fused-ring (bicyclic) bond motifs is 1. The summed E-state index contributed by atoms with van der Waals surface area (Å²) in [6.07, 6.45) is -1.33. The average Bonchev–Trinajstić information content (AvgIpc) is 3.40. The summed E-state index contributed by atoms with van der Waals surface area (Å²) in [6, 6.07) is 24.0. The summed E-state index contributed by atoms with van der Waals surface area (Å²) in [7, 11) is 0. The van der Waals surface area contributed by atoms with Crippen molar-refractivity contribution in [3.8, 4) is 0 Å². The molecule has 4 aromatic rings. The zero-order chi connectivity index (χ0) is 27.7. The van der Waals surface area contributed by atoms with E-state index in [1.807, 2.05) is 102 Å². The van der Waals surface area contributed by atoms with Crippen LogP contribution in [0.15, 0.2) is 78.2 Å². The lowest BCUT2D eigenvalue weighted by Crippen LogP contribution is -2.28. The van der Waals surface area contributed by atoms with Crippen molar-refractivity contribution in [2.75, 3.05) is 0 Å². The molecule has 0 N–H and O–H groups in total. The summed E-state index contributed by atoms with van der Waals surface area (Å²) in [5, 5.41) is 4.10. The molecule has 4 rings (SSSR count). The zero-order valence-corrected chi connectivity index (χ0v) is 24.0. The second kappa shape index (κ2) is 10.7. The van der Waals surface area contributed by atoms with E-state index in [-0.39, 0.29) is 11.9 Å². The van der Waals surface area contributed by atoms with Gasteiger partial charge >= 0.3 is 11.9 Å². The first kappa shape index (κ1) is 27.6. The van der Waals surface area contributed by atoms with Gasteiger partial charge in [-0.25, -0.2) is 0 Å². The SMILES string of the molecule is Cc1ccc(C(OC(=O)C(C)(C)C)c2ccccc2C(OC(=O)C(C)(C)C)c2cccs2)c2ccccc12. The highest BCUT2D eigenvalue weighted by molar-refractivity contribution is 7.10. The van der Waals surface area contributed by atoms with Crippen LogP contribution in [0.3, 0.4) is 0 Å². The molecule has 5 heteroatoms. The van der Waals surface area contributed by atoms with Gasteiger partial charge in [-0.15, -0.1) is 11.3 Å². The van der Waals surface area contributed by atoms with E-state index in [1.165, 1.54) is 11.3 Å². The van der Waals surface area contributed by atoms with Crippen LogP contribution in [0.5, 0.6) is 0 Å². The first-order chi connectivity index (χ1) is 17.9. The van der Waals surface area contributed by atoms with E-state index in [0.717, 1.165) is 37.9 Å². The molecule has 1 heterocycles. The van der Waals surface area contributed by atoms with Crippen LogP contribution >= 0.6 is 11.3 Å². The van der Waals surface area contributed by atoms with Crippen molar-refractivity contribution in [2.45, 2.75) is 60.7 Å². The number of thiophene rings is 1. The minimum Gasteiger partial charge on any atom is -0.452 e. The van der Waals surface area contributed by atoms with Crippen molar-refractivity contribution in [3.63, 3.8) is 0 Å². The predicted molar refractivity (Wildman–Crippen MR) is 154 cm³/mol. The van der Waals surface area contributed by atoms with Crippen LogP contribution in [0.2, 0.25) is 0 Å². The molecule has 198 valence electrons. The van der Waals surface area contributed by atoms with Crippen molar-refractivity contribution < 1.29 is 19.1 Å². The van der Waals surface area contributed by atoms with Crippen LogP contribution in [0.25, 0.3) is 10.8 Å². The third-order valence-corrected chi connectivity index (χ3v) is 7.41. The number of rotatable bonds is 6. The van der Waals surface area contributed by atoms with Crippen molar-refractivity contribution in [1.82, 2.24) is 0 Å². The smallest absolute Gasteiger partial charge is 0.312 e. The average molecular weight is 529 g/mol. The molecule has 0 saturated carbocycles. The molecule has 0 aliphatic carbocycles. The van der Waals surface area contributed by atoms with E-state index in [4.69, 9.17) is 9.47 Å². The molecule has 0 aliphatic heterocycles. The highest BCUT2D eigenvalue weighted by Gasteiger charge is 2.34. The largest absolute Gasteiger partial charge is 0.452 e. The Kier molecular flexibility index (Phi) is 7.80. The van der Waals surface area contributed by atoms with Gasteiger partial charge in [-0.2, -0.15) is 0 Å². The van der Waals surface area contributed by atoms with E-state index < -0.39 is 23.0 Å². The highest BCUT2D eigenvalue weighted by atomic mass is 32.1. The number of aryl methyl sites for hydroxylation is 1. The lowest BCUT2D eigenvalue weighted by Gasteiger charge is -2.29. The second-order valence-corrected chi connectivity index (χ2v) is 12.7. The number of ether oxygens (including phenoxy) is 2. The summed E-state index contributed by atoms with van der Waals surface area (Å²) in [6.45, 7) is 13.2. The topological polar surface area (TPSA) is 52.6 Å². The Labute approximate surface area is 229 Å². The van der Waals surface area contributed by atoms with E-state index in [0.29, 0.717) is 0 Å². The molecule has 0 bridgehead atoms. The molecule has 0 saturated heterocycles. The molecule has 0 aliphatic rings. The molecule has 2 unspecified atom stereocenters. The Morgan fingerprint density at radius 1 is 0.632 bits per heavy atom. The van der Waals surface area contributed by atoms with Crippen molar-refractivity contribution in [1.29, 1.82) is 0 Å². The number of carbonyl (C=O) groups is 2. The molecule has 0 amide bonds. The van der Waals surface area contributed by atoms with Crippen LogP contribution < -0.4 is 0 Å². The van der Waals surface area contributed by atoms with E-state index >= 15 is 0 Å². The van der Waals surface area contributed by atoms with Gasteiger partial charge in [0.1, 0.15) is 0 Å². The molecule has 0 fully saturated rings. The molecule has 0 radical (unpaired) electrons. The van der Waals surface area contributed by atoms with Gasteiger partial charge in [-0.05, 0) is 76.2 Å². The Morgan fingerprint density at radius 2 is 1.16 bits per heavy atom. The summed E-state index contributed by atoms with van der Waals surface area (Å²) >= 11 is 1.53. The summed E-state index contributed by atoms with van der Waals surface area (Å²) in [5.74, 6) is -0.601. The maximum atomic E-state index is 13.3. The van der Waals surface area contributed by atoms with Crippen molar-refractivity contribution >= 4 is 34.0 Å². The van der Waals surface area contributed by atoms with Gasteiger partial charge in [-0.3, -0.25) is 9.59 Å². The van der Waals surface area contributed by atoms with Gasteiger partial charge in [0, 0.05) is 21.6 Å². The summed E-state index contributed by atoms with van der Waals surface area (Å²) in [4.78, 5) is 27.4. The van der Waals surface area contributed by atoms with Gasteiger partial charge in [0.2, 0.25) is 0 Å². The van der Waals surface area contributed by atoms with Crippen LogP contribution in [0.1, 0.15) is 80.9 Å². The molecule has 1 aromatic heterocycles. The summed E-state index contributed by atoms with van der Waals surface area (Å²) in [5.41, 5.74) is 2.26. The minimum absolute atomic E-state index is 0.297. The molecule has 3 aromatic carbocycles. The Hall–Kier alpha value is -3.44. The van der Waals surface area contributed by atoms with E-state index in [1.54, 1.807) is 0 Å². The normalized spacial score (nSPS) is 13.7. The molecular weight excluding hydrogens is 492 g/mol. The van der Waals surface area contributed by atoms with Crippen molar-refractivity contribution in [3.05, 3.63) is 105 Å². The fourth-order valence-corrected chi connectivity index (χ4v) is 5.04. The van der Waals surface area contributed by atoms with Crippen LogP contribution in [0, 0.1) is 17.8 Å².